The molecule has 0 aliphatic rings. The topological polar surface area (TPSA) is 87.7 Å². The van der Waals surface area contributed by atoms with Crippen LogP contribution in [0, 0.1) is 26.9 Å². The first-order chi connectivity index (χ1) is 14.2. The number of hydrogen-bond donors (Lipinski definition) is 3. The summed E-state index contributed by atoms with van der Waals surface area (Å²) in [6.45, 7) is 1.70. The van der Waals surface area contributed by atoms with E-state index in [1.807, 2.05) is 22.6 Å². The van der Waals surface area contributed by atoms with Crippen LogP contribution in [0.1, 0.15) is 36.5 Å². The van der Waals surface area contributed by atoms with Gasteiger partial charge in [0.25, 0.3) is 5.91 Å². The Morgan fingerprint density at radius 1 is 1.13 bits per heavy atom. The molecular formula is C20H20F3IN2O4. The van der Waals surface area contributed by atoms with Crippen LogP contribution in [0.5, 0.6) is 0 Å². The molecule has 0 fully saturated rings. The van der Waals surface area contributed by atoms with E-state index in [0.717, 1.165) is 12.1 Å². The third-order valence-electron chi connectivity index (χ3n) is 4.25. The van der Waals surface area contributed by atoms with Crippen molar-refractivity contribution in [2.45, 2.75) is 26.2 Å². The fourth-order valence-electron chi connectivity index (χ4n) is 2.51. The van der Waals surface area contributed by atoms with Gasteiger partial charge in [0.05, 0.1) is 29.5 Å². The van der Waals surface area contributed by atoms with Crippen LogP contribution in [-0.4, -0.2) is 23.6 Å². The number of rotatable bonds is 10. The summed E-state index contributed by atoms with van der Waals surface area (Å²) in [5.74, 6) is -5.43. The number of unbranched alkanes of at least 4 members (excludes halogenated alkanes) is 1. The molecule has 0 spiro atoms. The number of carbonyl (C=O) groups is 2. The summed E-state index contributed by atoms with van der Waals surface area (Å²) < 4.78 is 42.7. The van der Waals surface area contributed by atoms with Crippen molar-refractivity contribution in [2.75, 3.05) is 11.9 Å². The van der Waals surface area contributed by atoms with E-state index < -0.39 is 40.9 Å². The maximum atomic E-state index is 14.3. The Kier molecular flexibility index (Phi) is 8.90. The van der Waals surface area contributed by atoms with Gasteiger partial charge in [0.15, 0.2) is 11.6 Å². The van der Waals surface area contributed by atoms with E-state index in [1.165, 1.54) is 12.1 Å². The molecule has 1 unspecified atom stereocenters. The van der Waals surface area contributed by atoms with Crippen molar-refractivity contribution in [2.24, 2.45) is 5.92 Å². The van der Waals surface area contributed by atoms with Gasteiger partial charge in [0.1, 0.15) is 5.82 Å². The first-order valence-corrected chi connectivity index (χ1v) is 10.1. The van der Waals surface area contributed by atoms with Crippen LogP contribution in [-0.2, 0) is 9.63 Å². The summed E-state index contributed by atoms with van der Waals surface area (Å²) >= 11 is 1.90. The van der Waals surface area contributed by atoms with Gasteiger partial charge in [-0.25, -0.2) is 18.7 Å². The third-order valence-corrected chi connectivity index (χ3v) is 4.92. The molecular weight excluding hydrogens is 516 g/mol. The normalized spacial score (nSPS) is 11.8. The van der Waals surface area contributed by atoms with Crippen molar-refractivity contribution in [3.63, 3.8) is 0 Å². The maximum absolute atomic E-state index is 14.3. The monoisotopic (exact) mass is 536 g/mol. The molecule has 2 aromatic carbocycles. The number of carbonyl (C=O) groups excluding carboxylic acids is 1. The Hall–Kier alpha value is -2.34. The predicted molar refractivity (Wildman–Crippen MR) is 113 cm³/mol. The third kappa shape index (κ3) is 6.59. The lowest BCUT2D eigenvalue weighted by atomic mass is 10.1. The van der Waals surface area contributed by atoms with E-state index in [4.69, 9.17) is 9.94 Å². The van der Waals surface area contributed by atoms with Crippen molar-refractivity contribution in [3.8, 4) is 0 Å². The summed E-state index contributed by atoms with van der Waals surface area (Å²) in [5.41, 5.74) is 1.21. The molecule has 2 rings (SSSR count). The van der Waals surface area contributed by atoms with E-state index in [2.05, 4.69) is 10.8 Å². The van der Waals surface area contributed by atoms with Gasteiger partial charge in [-0.1, -0.05) is 13.3 Å². The Morgan fingerprint density at radius 2 is 1.87 bits per heavy atom. The van der Waals surface area contributed by atoms with Crippen molar-refractivity contribution in [3.05, 3.63) is 56.9 Å². The highest BCUT2D eigenvalue weighted by molar-refractivity contribution is 14.1. The van der Waals surface area contributed by atoms with Gasteiger partial charge in [0, 0.05) is 3.57 Å². The van der Waals surface area contributed by atoms with E-state index in [-0.39, 0.29) is 17.9 Å². The highest BCUT2D eigenvalue weighted by atomic mass is 127. The number of carboxylic acid groups (broad SMARTS) is 1. The number of nitrogens with one attached hydrogen (secondary N) is 2. The zero-order chi connectivity index (χ0) is 22.3. The fourth-order valence-corrected chi connectivity index (χ4v) is 2.96. The van der Waals surface area contributed by atoms with Gasteiger partial charge in [-0.3, -0.25) is 14.4 Å². The van der Waals surface area contributed by atoms with E-state index in [9.17, 15) is 22.8 Å². The number of anilines is 2. The molecule has 0 bridgehead atoms. The zero-order valence-corrected chi connectivity index (χ0v) is 18.1. The average molecular weight is 536 g/mol. The van der Waals surface area contributed by atoms with Gasteiger partial charge in [-0.15, -0.1) is 0 Å². The van der Waals surface area contributed by atoms with Gasteiger partial charge >= 0.3 is 5.97 Å². The smallest absolute Gasteiger partial charge is 0.306 e. The largest absolute Gasteiger partial charge is 0.481 e. The Morgan fingerprint density at radius 3 is 2.53 bits per heavy atom. The van der Waals surface area contributed by atoms with Crippen molar-refractivity contribution >= 4 is 45.8 Å². The van der Waals surface area contributed by atoms with E-state index in [0.29, 0.717) is 22.8 Å². The van der Waals surface area contributed by atoms with E-state index in [1.54, 1.807) is 13.0 Å². The quantitative estimate of drug-likeness (QED) is 0.226. The van der Waals surface area contributed by atoms with Crippen LogP contribution in [0.2, 0.25) is 0 Å². The number of halogens is 4. The standard InChI is InChI=1S/C20H20F3IN2O4/c1-11(20(28)29)4-2-3-9-30-26-19(27)13-6-7-14(21)17(23)18(13)25-16-8-5-12(24)10-15(16)22/h5-8,10-11,25H,2-4,9H2,1H3,(H,26,27)(H,28,29). The second-order valence-corrected chi connectivity index (χ2v) is 7.79. The molecule has 0 aliphatic carbocycles. The SMILES string of the molecule is CC(CCCCONC(=O)c1ccc(F)c(F)c1Nc1ccc(I)cc1F)C(=O)O. The van der Waals surface area contributed by atoms with Crippen LogP contribution < -0.4 is 10.8 Å². The molecule has 0 aliphatic heterocycles. The lowest BCUT2D eigenvalue weighted by Crippen LogP contribution is -2.25. The summed E-state index contributed by atoms with van der Waals surface area (Å²) in [6, 6.07) is 5.95. The summed E-state index contributed by atoms with van der Waals surface area (Å²) in [6.07, 6.45) is 1.54. The minimum atomic E-state index is -1.33. The fraction of sp³-hybridized carbons (Fsp3) is 0.300. The number of hydrogen-bond acceptors (Lipinski definition) is 4. The average Bonchev–Trinajstić information content (AvgIpc) is 2.69. The summed E-state index contributed by atoms with van der Waals surface area (Å²) in [4.78, 5) is 28.1. The molecule has 0 saturated carbocycles. The maximum Gasteiger partial charge on any atom is 0.306 e. The molecule has 1 amide bonds. The van der Waals surface area contributed by atoms with Crippen LogP contribution in [0.4, 0.5) is 24.5 Å². The first-order valence-electron chi connectivity index (χ1n) is 9.05. The predicted octanol–water partition coefficient (Wildman–Crippen LogP) is 5.00. The van der Waals surface area contributed by atoms with Crippen LogP contribution in [0.3, 0.4) is 0 Å². The zero-order valence-electron chi connectivity index (χ0n) is 16.0. The molecule has 3 N–H and O–H groups in total. The first kappa shape index (κ1) is 23.9. The molecule has 10 heteroatoms. The molecule has 0 aromatic heterocycles. The van der Waals surface area contributed by atoms with Crippen LogP contribution in [0.25, 0.3) is 0 Å². The number of hydroxylamine groups is 1. The minimum Gasteiger partial charge on any atom is -0.481 e. The van der Waals surface area contributed by atoms with Crippen LogP contribution in [0.15, 0.2) is 30.3 Å². The lowest BCUT2D eigenvalue weighted by Gasteiger charge is -2.14. The molecule has 0 heterocycles. The molecule has 0 saturated heterocycles. The van der Waals surface area contributed by atoms with E-state index >= 15 is 0 Å². The van der Waals surface area contributed by atoms with Crippen LogP contribution >= 0.6 is 22.6 Å². The highest BCUT2D eigenvalue weighted by Crippen LogP contribution is 2.28. The molecule has 1 atom stereocenters. The Labute approximate surface area is 184 Å². The number of carboxylic acids is 1. The Bertz CT molecular complexity index is 927. The second-order valence-electron chi connectivity index (χ2n) is 6.55. The van der Waals surface area contributed by atoms with Crippen molar-refractivity contribution in [1.29, 1.82) is 0 Å². The summed E-state index contributed by atoms with van der Waals surface area (Å²) in [5, 5.41) is 11.2. The minimum absolute atomic E-state index is 0.107. The van der Waals surface area contributed by atoms with Gasteiger partial charge in [-0.2, -0.15) is 0 Å². The Balaban J connectivity index is 2.02. The van der Waals surface area contributed by atoms with Gasteiger partial charge < -0.3 is 10.4 Å². The molecule has 30 heavy (non-hydrogen) atoms. The molecule has 0 radical (unpaired) electrons. The number of amides is 1. The highest BCUT2D eigenvalue weighted by Gasteiger charge is 2.20. The number of aliphatic carboxylic acids is 1. The van der Waals surface area contributed by atoms with Crippen molar-refractivity contribution in [1.82, 2.24) is 5.48 Å². The molecule has 6 nitrogen and oxygen atoms in total. The van der Waals surface area contributed by atoms with Gasteiger partial charge in [0.2, 0.25) is 0 Å². The van der Waals surface area contributed by atoms with Crippen molar-refractivity contribution < 1.29 is 32.7 Å². The molecule has 162 valence electrons. The number of benzene rings is 2. The summed E-state index contributed by atoms with van der Waals surface area (Å²) in [7, 11) is 0. The second kappa shape index (κ2) is 11.2. The van der Waals surface area contributed by atoms with Gasteiger partial charge in [-0.05, 0) is 65.8 Å². The lowest BCUT2D eigenvalue weighted by molar-refractivity contribution is -0.141. The molecule has 2 aromatic rings.